The average Bonchev–Trinajstić information content (AvgIpc) is 2.98. The van der Waals surface area contributed by atoms with Crippen LogP contribution in [0.5, 0.6) is 0 Å². The lowest BCUT2D eigenvalue weighted by atomic mass is 9.64. The Morgan fingerprint density at radius 3 is 2.48 bits per heavy atom. The van der Waals surface area contributed by atoms with Crippen LogP contribution in [0.4, 0.5) is 4.79 Å². The highest BCUT2D eigenvalue weighted by Crippen LogP contribution is 2.45. The molecule has 1 amide bonds. The number of hydrogen-bond donors (Lipinski definition) is 0. The molecule has 4 aliphatic rings. The van der Waals surface area contributed by atoms with E-state index >= 15 is 0 Å². The number of rotatable bonds is 2. The summed E-state index contributed by atoms with van der Waals surface area (Å²) in [4.78, 5) is 29.5. The quantitative estimate of drug-likeness (QED) is 0.765. The Hall–Kier alpha value is -1.88. The Bertz CT molecular complexity index is 785. The molecular weight excluding hydrogens is 364 g/mol. The van der Waals surface area contributed by atoms with E-state index in [1.165, 1.54) is 11.1 Å². The highest BCUT2D eigenvalue weighted by molar-refractivity contribution is 5.85. The van der Waals surface area contributed by atoms with Crippen molar-refractivity contribution in [3.05, 3.63) is 35.4 Å². The first-order valence-electron chi connectivity index (χ1n) is 11.4. The molecule has 0 aromatic heterocycles. The Kier molecular flexibility index (Phi) is 4.89. The molecule has 2 unspecified atom stereocenters. The SMILES string of the molecule is CCOC(=O)N1C2CCC1CC(N1CCC3(CC1)CC(=O)Cc1ccccc13)C2. The number of ether oxygens (including phenoxy) is 1. The molecule has 1 aromatic rings. The monoisotopic (exact) mass is 396 g/mol. The van der Waals surface area contributed by atoms with Crippen molar-refractivity contribution in [2.24, 2.45) is 0 Å². The second-order valence-corrected chi connectivity index (χ2v) is 9.48. The molecular formula is C24H32N2O3. The zero-order valence-electron chi connectivity index (χ0n) is 17.4. The van der Waals surface area contributed by atoms with Gasteiger partial charge in [0.2, 0.25) is 0 Å². The molecule has 156 valence electrons. The maximum atomic E-state index is 12.5. The molecule has 0 saturated carbocycles. The van der Waals surface area contributed by atoms with Crippen LogP contribution < -0.4 is 0 Å². The zero-order chi connectivity index (χ0) is 20.0. The molecule has 3 saturated heterocycles. The molecule has 5 heteroatoms. The summed E-state index contributed by atoms with van der Waals surface area (Å²) in [6.45, 7) is 4.45. The van der Waals surface area contributed by atoms with Gasteiger partial charge in [-0.3, -0.25) is 4.79 Å². The van der Waals surface area contributed by atoms with Gasteiger partial charge in [0.05, 0.1) is 6.61 Å². The molecule has 0 N–H and O–H groups in total. The standard InChI is InChI=1S/C24H32N2O3/c1-2-29-23(28)26-18-7-8-19(26)15-20(14-18)25-11-9-24(10-12-25)16-21(27)13-17-5-3-4-6-22(17)24/h3-6,18-20H,2,7-16H2,1H3. The predicted octanol–water partition coefficient (Wildman–Crippen LogP) is 3.69. The molecule has 1 aromatic carbocycles. The molecule has 0 radical (unpaired) electrons. The number of benzene rings is 1. The van der Waals surface area contributed by atoms with Crippen LogP contribution >= 0.6 is 0 Å². The van der Waals surface area contributed by atoms with Crippen LogP contribution in [0.15, 0.2) is 24.3 Å². The summed E-state index contributed by atoms with van der Waals surface area (Å²) in [5, 5.41) is 0. The molecule has 2 atom stereocenters. The Balaban J connectivity index is 1.27. The topological polar surface area (TPSA) is 49.9 Å². The van der Waals surface area contributed by atoms with Crippen molar-refractivity contribution in [1.29, 1.82) is 0 Å². The number of ketones is 1. The Morgan fingerprint density at radius 1 is 1.10 bits per heavy atom. The van der Waals surface area contributed by atoms with Crippen molar-refractivity contribution in [1.82, 2.24) is 9.80 Å². The third-order valence-electron chi connectivity index (χ3n) is 7.97. The van der Waals surface area contributed by atoms with Gasteiger partial charge in [-0.1, -0.05) is 24.3 Å². The number of fused-ring (bicyclic) bond motifs is 4. The first kappa shape index (κ1) is 19.1. The van der Waals surface area contributed by atoms with Crippen LogP contribution in [0, 0.1) is 0 Å². The van der Waals surface area contributed by atoms with Crippen LogP contribution in [-0.2, 0) is 21.4 Å². The predicted molar refractivity (Wildman–Crippen MR) is 111 cm³/mol. The van der Waals surface area contributed by atoms with E-state index in [2.05, 4.69) is 29.2 Å². The van der Waals surface area contributed by atoms with Crippen molar-refractivity contribution in [2.45, 2.75) is 81.8 Å². The second kappa shape index (κ2) is 7.42. The number of likely N-dealkylation sites (tertiary alicyclic amines) is 1. The van der Waals surface area contributed by atoms with E-state index in [4.69, 9.17) is 4.74 Å². The van der Waals surface area contributed by atoms with Gasteiger partial charge in [-0.05, 0) is 69.7 Å². The first-order valence-corrected chi connectivity index (χ1v) is 11.4. The smallest absolute Gasteiger partial charge is 0.410 e. The van der Waals surface area contributed by atoms with Crippen molar-refractivity contribution >= 4 is 11.9 Å². The van der Waals surface area contributed by atoms with Gasteiger partial charge in [-0.25, -0.2) is 4.79 Å². The number of piperidine rings is 2. The fourth-order valence-corrected chi connectivity index (χ4v) is 6.65. The number of amides is 1. The number of nitrogens with zero attached hydrogens (tertiary/aromatic N) is 2. The van der Waals surface area contributed by atoms with Gasteiger partial charge < -0.3 is 14.5 Å². The Labute approximate surface area is 173 Å². The van der Waals surface area contributed by atoms with E-state index in [1.807, 2.05) is 11.8 Å². The summed E-state index contributed by atoms with van der Waals surface area (Å²) < 4.78 is 5.30. The fourth-order valence-electron chi connectivity index (χ4n) is 6.65. The molecule has 5 rings (SSSR count). The molecule has 3 fully saturated rings. The maximum Gasteiger partial charge on any atom is 0.410 e. The van der Waals surface area contributed by atoms with E-state index in [0.717, 1.165) is 51.6 Å². The highest BCUT2D eigenvalue weighted by Gasteiger charge is 2.48. The summed E-state index contributed by atoms with van der Waals surface area (Å²) in [7, 11) is 0. The fraction of sp³-hybridized carbons (Fsp3) is 0.667. The zero-order valence-corrected chi connectivity index (χ0v) is 17.4. The molecule has 3 heterocycles. The molecule has 29 heavy (non-hydrogen) atoms. The van der Waals surface area contributed by atoms with Crippen LogP contribution in [0.25, 0.3) is 0 Å². The van der Waals surface area contributed by atoms with E-state index in [-0.39, 0.29) is 11.5 Å². The minimum absolute atomic E-state index is 0.0487. The van der Waals surface area contributed by atoms with Gasteiger partial charge in [0.25, 0.3) is 0 Å². The van der Waals surface area contributed by atoms with E-state index in [0.29, 0.717) is 43.4 Å². The Morgan fingerprint density at radius 2 is 1.79 bits per heavy atom. The van der Waals surface area contributed by atoms with Gasteiger partial charge in [-0.15, -0.1) is 0 Å². The van der Waals surface area contributed by atoms with Crippen molar-refractivity contribution in [3.63, 3.8) is 0 Å². The number of carbonyl (C=O) groups is 2. The normalized spacial score (nSPS) is 31.0. The number of carbonyl (C=O) groups excluding carboxylic acids is 2. The highest BCUT2D eigenvalue weighted by atomic mass is 16.6. The summed E-state index contributed by atoms with van der Waals surface area (Å²) in [6, 6.07) is 9.83. The molecule has 1 aliphatic carbocycles. The van der Waals surface area contributed by atoms with Crippen LogP contribution in [0.3, 0.4) is 0 Å². The van der Waals surface area contributed by atoms with Gasteiger partial charge in [0, 0.05) is 36.4 Å². The first-order chi connectivity index (χ1) is 14.1. The number of hydrogen-bond acceptors (Lipinski definition) is 4. The third kappa shape index (κ3) is 3.27. The largest absolute Gasteiger partial charge is 0.450 e. The maximum absolute atomic E-state index is 12.5. The van der Waals surface area contributed by atoms with Gasteiger partial charge in [0.15, 0.2) is 0 Å². The van der Waals surface area contributed by atoms with Crippen LogP contribution in [0.1, 0.15) is 63.0 Å². The summed E-state index contributed by atoms with van der Waals surface area (Å²) in [5.74, 6) is 0.401. The van der Waals surface area contributed by atoms with Gasteiger partial charge >= 0.3 is 6.09 Å². The van der Waals surface area contributed by atoms with Gasteiger partial charge in [0.1, 0.15) is 5.78 Å². The van der Waals surface area contributed by atoms with Crippen molar-refractivity contribution in [2.75, 3.05) is 19.7 Å². The van der Waals surface area contributed by atoms with E-state index in [1.54, 1.807) is 0 Å². The summed E-state index contributed by atoms with van der Waals surface area (Å²) in [6.07, 6.45) is 7.71. The number of Topliss-reactive ketones (excluding diaryl/α,β-unsaturated/α-hetero) is 1. The molecule has 1 spiro atoms. The third-order valence-corrected chi connectivity index (χ3v) is 7.97. The lowest BCUT2D eigenvalue weighted by Crippen LogP contribution is -2.55. The lowest BCUT2D eigenvalue weighted by Gasteiger charge is -2.49. The summed E-state index contributed by atoms with van der Waals surface area (Å²) >= 11 is 0. The summed E-state index contributed by atoms with van der Waals surface area (Å²) in [5.41, 5.74) is 2.72. The van der Waals surface area contributed by atoms with Crippen LogP contribution in [-0.4, -0.2) is 59.5 Å². The average molecular weight is 397 g/mol. The van der Waals surface area contributed by atoms with Crippen molar-refractivity contribution < 1.29 is 14.3 Å². The molecule has 5 nitrogen and oxygen atoms in total. The lowest BCUT2D eigenvalue weighted by molar-refractivity contribution is -0.121. The van der Waals surface area contributed by atoms with E-state index < -0.39 is 0 Å². The molecule has 2 bridgehead atoms. The van der Waals surface area contributed by atoms with E-state index in [9.17, 15) is 9.59 Å². The minimum atomic E-state index is -0.117. The van der Waals surface area contributed by atoms with Crippen LogP contribution in [0.2, 0.25) is 0 Å². The molecule has 3 aliphatic heterocycles. The van der Waals surface area contributed by atoms with Crippen molar-refractivity contribution in [3.8, 4) is 0 Å². The van der Waals surface area contributed by atoms with Gasteiger partial charge in [-0.2, -0.15) is 0 Å². The second-order valence-electron chi connectivity index (χ2n) is 9.48. The minimum Gasteiger partial charge on any atom is -0.450 e.